The molecule has 3 rings (SSSR count). The molecule has 3 amide bonds. The smallest absolute Gasteiger partial charge is 0.346 e. The lowest BCUT2D eigenvalue weighted by atomic mass is 9.92. The lowest BCUT2D eigenvalue weighted by Gasteiger charge is -2.21. The molecule has 134 valence electrons. The third kappa shape index (κ3) is 3.01. The van der Waals surface area contributed by atoms with Gasteiger partial charge in [0.15, 0.2) is 11.6 Å². The van der Waals surface area contributed by atoms with Gasteiger partial charge in [-0.2, -0.15) is 5.10 Å². The van der Waals surface area contributed by atoms with Gasteiger partial charge in [0.25, 0.3) is 5.91 Å². The number of hydrazone groups is 1. The van der Waals surface area contributed by atoms with Crippen LogP contribution in [0.2, 0.25) is 0 Å². The van der Waals surface area contributed by atoms with Crippen molar-refractivity contribution in [3.63, 3.8) is 0 Å². The molecule has 0 saturated carbocycles. The van der Waals surface area contributed by atoms with Crippen molar-refractivity contribution in [3.05, 3.63) is 65.2 Å². The summed E-state index contributed by atoms with van der Waals surface area (Å²) in [6, 6.07) is 9.10. The van der Waals surface area contributed by atoms with Crippen molar-refractivity contribution >= 4 is 18.2 Å². The third-order valence-corrected chi connectivity index (χ3v) is 4.10. The van der Waals surface area contributed by atoms with Gasteiger partial charge in [-0.15, -0.1) is 5.01 Å². The highest BCUT2D eigenvalue weighted by atomic mass is 19.2. The second-order valence-electron chi connectivity index (χ2n) is 5.82. The number of carbonyl (C=O) groups is 2. The second kappa shape index (κ2) is 6.55. The van der Waals surface area contributed by atoms with Gasteiger partial charge in [0.1, 0.15) is 11.3 Å². The number of methoxy groups -OCH3 is 1. The summed E-state index contributed by atoms with van der Waals surface area (Å²) in [5.74, 6) is -2.02. The van der Waals surface area contributed by atoms with Crippen molar-refractivity contribution in [1.29, 1.82) is 0 Å². The zero-order valence-corrected chi connectivity index (χ0v) is 14.0. The Kier molecular flexibility index (Phi) is 4.41. The summed E-state index contributed by atoms with van der Waals surface area (Å²) in [6.45, 7) is 1.56. The molecule has 1 N–H and O–H groups in total. The van der Waals surface area contributed by atoms with Gasteiger partial charge in [0, 0.05) is 0 Å². The maximum Gasteiger partial charge on any atom is 0.346 e. The fourth-order valence-corrected chi connectivity index (χ4v) is 2.57. The van der Waals surface area contributed by atoms with Gasteiger partial charge >= 0.3 is 6.03 Å². The molecule has 2 aromatic rings. The highest BCUT2D eigenvalue weighted by Crippen LogP contribution is 2.30. The number of halogens is 2. The van der Waals surface area contributed by atoms with Gasteiger partial charge in [-0.1, -0.05) is 18.2 Å². The predicted molar refractivity (Wildman–Crippen MR) is 89.7 cm³/mol. The summed E-state index contributed by atoms with van der Waals surface area (Å²) in [5.41, 5.74) is -0.529. The largest absolute Gasteiger partial charge is 0.497 e. The quantitative estimate of drug-likeness (QED) is 0.674. The van der Waals surface area contributed by atoms with Crippen LogP contribution in [0.3, 0.4) is 0 Å². The number of rotatable bonds is 4. The highest BCUT2D eigenvalue weighted by molar-refractivity contribution is 6.07. The molecule has 0 spiro atoms. The van der Waals surface area contributed by atoms with Crippen LogP contribution >= 0.6 is 0 Å². The monoisotopic (exact) mass is 359 g/mol. The lowest BCUT2D eigenvalue weighted by molar-refractivity contribution is -0.131. The van der Waals surface area contributed by atoms with Crippen molar-refractivity contribution in [2.45, 2.75) is 12.5 Å². The average molecular weight is 359 g/mol. The Bertz CT molecular complexity index is 899. The van der Waals surface area contributed by atoms with Crippen LogP contribution in [0.5, 0.6) is 5.75 Å². The Morgan fingerprint density at radius 2 is 1.81 bits per heavy atom. The summed E-state index contributed by atoms with van der Waals surface area (Å²) in [7, 11) is 1.52. The summed E-state index contributed by atoms with van der Waals surface area (Å²) < 4.78 is 31.3. The Morgan fingerprint density at radius 1 is 1.12 bits per heavy atom. The molecular formula is C18H15F2N3O3. The van der Waals surface area contributed by atoms with Gasteiger partial charge in [0.05, 0.1) is 13.3 Å². The van der Waals surface area contributed by atoms with Crippen LogP contribution in [0, 0.1) is 11.6 Å². The minimum atomic E-state index is -1.30. The van der Waals surface area contributed by atoms with Crippen LogP contribution < -0.4 is 10.1 Å². The van der Waals surface area contributed by atoms with Gasteiger partial charge in [-0.25, -0.2) is 13.6 Å². The normalized spacial score (nSPS) is 19.9. The van der Waals surface area contributed by atoms with Gasteiger partial charge < -0.3 is 10.1 Å². The molecule has 1 saturated heterocycles. The molecule has 0 radical (unpaired) electrons. The van der Waals surface area contributed by atoms with E-state index >= 15 is 0 Å². The minimum absolute atomic E-state index is 0.211. The third-order valence-electron chi connectivity index (χ3n) is 4.10. The minimum Gasteiger partial charge on any atom is -0.497 e. The molecule has 0 aromatic heterocycles. The fourth-order valence-electron chi connectivity index (χ4n) is 2.57. The first-order valence-electron chi connectivity index (χ1n) is 7.65. The number of amides is 3. The van der Waals surface area contributed by atoms with Crippen LogP contribution in [-0.4, -0.2) is 30.3 Å². The Morgan fingerprint density at radius 3 is 2.42 bits per heavy atom. The fraction of sp³-hybridized carbons (Fsp3) is 0.167. The first-order chi connectivity index (χ1) is 12.3. The van der Waals surface area contributed by atoms with Crippen LogP contribution in [0.15, 0.2) is 47.6 Å². The SMILES string of the molecule is COc1ccc(C2(C)NC(=O)N(/N=C/c3ccc(F)c(F)c3)C2=O)cc1. The van der Waals surface area contributed by atoms with E-state index in [-0.39, 0.29) is 5.56 Å². The molecule has 1 aliphatic heterocycles. The number of nitrogens with zero attached hydrogens (tertiary/aromatic N) is 2. The Hall–Kier alpha value is -3.29. The molecule has 0 aliphatic carbocycles. The molecule has 1 fully saturated rings. The summed E-state index contributed by atoms with van der Waals surface area (Å²) in [5, 5.41) is 7.06. The zero-order chi connectivity index (χ0) is 18.9. The van der Waals surface area contributed by atoms with E-state index in [0.717, 1.165) is 18.3 Å². The van der Waals surface area contributed by atoms with E-state index in [1.165, 1.54) is 13.2 Å². The summed E-state index contributed by atoms with van der Waals surface area (Å²) >= 11 is 0. The number of hydrogen-bond donors (Lipinski definition) is 1. The molecule has 1 unspecified atom stereocenters. The Labute approximate surface area is 148 Å². The van der Waals surface area contributed by atoms with Crippen LogP contribution in [0.4, 0.5) is 13.6 Å². The van der Waals surface area contributed by atoms with Crippen molar-refractivity contribution in [3.8, 4) is 5.75 Å². The van der Waals surface area contributed by atoms with E-state index in [0.29, 0.717) is 16.3 Å². The molecule has 6 nitrogen and oxygen atoms in total. The molecule has 0 bridgehead atoms. The van der Waals surface area contributed by atoms with E-state index in [9.17, 15) is 18.4 Å². The van der Waals surface area contributed by atoms with E-state index in [1.807, 2.05) is 0 Å². The Balaban J connectivity index is 1.85. The maximum absolute atomic E-state index is 13.2. The predicted octanol–water partition coefficient (Wildman–Crippen LogP) is 2.77. The van der Waals surface area contributed by atoms with Crippen LogP contribution in [-0.2, 0) is 10.3 Å². The number of benzene rings is 2. The van der Waals surface area contributed by atoms with E-state index < -0.39 is 29.1 Å². The number of urea groups is 1. The standard InChI is InChI=1S/C18H15F2N3O3/c1-18(12-4-6-13(26-2)7-5-12)16(24)23(17(25)22-18)21-10-11-3-8-14(19)15(20)9-11/h3-10H,1-2H3,(H,22,25)/b21-10+. The second-order valence-corrected chi connectivity index (χ2v) is 5.82. The highest BCUT2D eigenvalue weighted by Gasteiger charge is 2.49. The lowest BCUT2D eigenvalue weighted by Crippen LogP contribution is -2.40. The van der Waals surface area contributed by atoms with Crippen LogP contribution in [0.1, 0.15) is 18.1 Å². The van der Waals surface area contributed by atoms with Gasteiger partial charge in [0.2, 0.25) is 0 Å². The molecule has 1 heterocycles. The number of hydrogen-bond acceptors (Lipinski definition) is 4. The van der Waals surface area contributed by atoms with Gasteiger partial charge in [-0.05, 0) is 42.3 Å². The molecule has 2 aromatic carbocycles. The number of ether oxygens (including phenoxy) is 1. The first-order valence-corrected chi connectivity index (χ1v) is 7.65. The molecular weight excluding hydrogens is 344 g/mol. The first kappa shape index (κ1) is 17.5. The molecule has 26 heavy (non-hydrogen) atoms. The van der Waals surface area contributed by atoms with Crippen LogP contribution in [0.25, 0.3) is 0 Å². The summed E-state index contributed by atoms with van der Waals surface area (Å²) in [6.07, 6.45) is 1.11. The van der Waals surface area contributed by atoms with E-state index in [2.05, 4.69) is 10.4 Å². The zero-order valence-electron chi connectivity index (χ0n) is 14.0. The van der Waals surface area contributed by atoms with Gasteiger partial charge in [-0.3, -0.25) is 4.79 Å². The maximum atomic E-state index is 13.2. The van der Waals surface area contributed by atoms with E-state index in [1.54, 1.807) is 31.2 Å². The topological polar surface area (TPSA) is 71.0 Å². The van der Waals surface area contributed by atoms with Crippen molar-refractivity contribution in [1.82, 2.24) is 10.3 Å². The number of imide groups is 1. The summed E-state index contributed by atoms with van der Waals surface area (Å²) in [4.78, 5) is 24.9. The average Bonchev–Trinajstić information content (AvgIpc) is 2.86. The van der Waals surface area contributed by atoms with Crippen molar-refractivity contribution in [2.75, 3.05) is 7.11 Å². The van der Waals surface area contributed by atoms with E-state index in [4.69, 9.17) is 4.74 Å². The molecule has 1 atom stereocenters. The van der Waals surface area contributed by atoms with Crippen molar-refractivity contribution < 1.29 is 23.1 Å². The molecule has 1 aliphatic rings. The van der Waals surface area contributed by atoms with Crippen molar-refractivity contribution in [2.24, 2.45) is 5.10 Å². The molecule has 8 heteroatoms. The number of nitrogens with one attached hydrogen (secondary N) is 1. The number of carbonyl (C=O) groups excluding carboxylic acids is 2.